The monoisotopic (exact) mass is 365 g/mol. The van der Waals surface area contributed by atoms with E-state index in [4.69, 9.17) is 17.0 Å². The Balaban J connectivity index is 0.00000144. The predicted octanol–water partition coefficient (Wildman–Crippen LogP) is 3.71. The smallest absolute Gasteiger partial charge is 0.195 e. The minimum atomic E-state index is 0. The fraction of sp³-hybridized carbons (Fsp3) is 0.417. The standard InChI is InChI=1S/C12H16ClN3.HI/c1-9-4-5-11(10(13)8-9)15-12(14)16-6-2-3-7-16;/h4-5,8H,2-3,6-7H2,1H3,(H2,14,15);1H. The van der Waals surface area contributed by atoms with E-state index < -0.39 is 0 Å². The Kier molecular flexibility index (Phi) is 5.52. The van der Waals surface area contributed by atoms with Gasteiger partial charge in [-0.25, -0.2) is 0 Å². The number of hydrogen-bond acceptors (Lipinski definition) is 1. The van der Waals surface area contributed by atoms with Crippen molar-refractivity contribution in [2.24, 2.45) is 0 Å². The maximum atomic E-state index is 7.93. The van der Waals surface area contributed by atoms with Crippen LogP contribution in [0.2, 0.25) is 5.02 Å². The largest absolute Gasteiger partial charge is 0.343 e. The van der Waals surface area contributed by atoms with E-state index in [1.54, 1.807) is 0 Å². The van der Waals surface area contributed by atoms with Crippen LogP contribution >= 0.6 is 35.6 Å². The fourth-order valence-corrected chi connectivity index (χ4v) is 2.15. The van der Waals surface area contributed by atoms with Crippen molar-refractivity contribution < 1.29 is 0 Å². The van der Waals surface area contributed by atoms with Crippen molar-refractivity contribution in [3.63, 3.8) is 0 Å². The molecule has 0 radical (unpaired) electrons. The Morgan fingerprint density at radius 1 is 1.35 bits per heavy atom. The van der Waals surface area contributed by atoms with Crippen LogP contribution in [0.4, 0.5) is 5.69 Å². The summed E-state index contributed by atoms with van der Waals surface area (Å²) in [4.78, 5) is 2.04. The van der Waals surface area contributed by atoms with E-state index in [1.165, 1.54) is 12.8 Å². The number of benzene rings is 1. The zero-order chi connectivity index (χ0) is 11.5. The maximum Gasteiger partial charge on any atom is 0.195 e. The summed E-state index contributed by atoms with van der Waals surface area (Å²) >= 11 is 6.10. The lowest BCUT2D eigenvalue weighted by Crippen LogP contribution is -2.32. The van der Waals surface area contributed by atoms with Gasteiger partial charge in [-0.05, 0) is 37.5 Å². The normalized spacial score (nSPS) is 14.4. The van der Waals surface area contributed by atoms with Crippen LogP contribution in [0, 0.1) is 12.3 Å². The van der Waals surface area contributed by atoms with Crippen molar-refractivity contribution in [2.45, 2.75) is 19.8 Å². The molecule has 0 unspecified atom stereocenters. The van der Waals surface area contributed by atoms with Gasteiger partial charge in [0, 0.05) is 13.1 Å². The van der Waals surface area contributed by atoms with E-state index in [0.717, 1.165) is 24.3 Å². The molecule has 0 amide bonds. The molecule has 5 heteroatoms. The third-order valence-corrected chi connectivity index (χ3v) is 3.11. The Morgan fingerprint density at radius 3 is 2.59 bits per heavy atom. The lowest BCUT2D eigenvalue weighted by molar-refractivity contribution is 0.514. The Bertz CT molecular complexity index is 403. The van der Waals surface area contributed by atoms with Crippen molar-refractivity contribution in [3.8, 4) is 0 Å². The summed E-state index contributed by atoms with van der Waals surface area (Å²) in [6, 6.07) is 5.81. The van der Waals surface area contributed by atoms with Crippen LogP contribution < -0.4 is 5.32 Å². The van der Waals surface area contributed by atoms with Crippen LogP contribution in [0.1, 0.15) is 18.4 Å². The molecule has 0 aliphatic carbocycles. The predicted molar refractivity (Wildman–Crippen MR) is 83.8 cm³/mol. The molecule has 1 aromatic carbocycles. The lowest BCUT2D eigenvalue weighted by atomic mass is 10.2. The number of nitrogens with zero attached hydrogens (tertiary/aromatic N) is 1. The molecule has 0 aromatic heterocycles. The van der Waals surface area contributed by atoms with Crippen molar-refractivity contribution in [2.75, 3.05) is 18.4 Å². The fourth-order valence-electron chi connectivity index (χ4n) is 1.87. The molecule has 1 aliphatic heterocycles. The van der Waals surface area contributed by atoms with Gasteiger partial charge in [-0.15, -0.1) is 24.0 Å². The molecule has 0 saturated carbocycles. The first-order valence-electron chi connectivity index (χ1n) is 5.53. The molecule has 1 fully saturated rings. The number of halogens is 2. The average molecular weight is 366 g/mol. The van der Waals surface area contributed by atoms with Crippen LogP contribution in [-0.2, 0) is 0 Å². The second-order valence-electron chi connectivity index (χ2n) is 4.15. The topological polar surface area (TPSA) is 39.1 Å². The number of hydrogen-bond donors (Lipinski definition) is 2. The first kappa shape index (κ1) is 14.6. The SMILES string of the molecule is Cc1ccc(NC(=N)N2CCCC2)c(Cl)c1.I. The summed E-state index contributed by atoms with van der Waals surface area (Å²) in [5.74, 6) is 0.447. The Labute approximate surface area is 124 Å². The highest BCUT2D eigenvalue weighted by Gasteiger charge is 2.15. The van der Waals surface area contributed by atoms with Gasteiger partial charge in [-0.1, -0.05) is 17.7 Å². The van der Waals surface area contributed by atoms with E-state index in [1.807, 2.05) is 30.0 Å². The molecule has 0 bridgehead atoms. The number of aryl methyl sites for hydroxylation is 1. The van der Waals surface area contributed by atoms with Gasteiger partial charge in [-0.3, -0.25) is 5.41 Å². The molecular weight excluding hydrogens is 349 g/mol. The van der Waals surface area contributed by atoms with E-state index in [2.05, 4.69) is 5.32 Å². The molecule has 1 saturated heterocycles. The van der Waals surface area contributed by atoms with Crippen LogP contribution in [-0.4, -0.2) is 23.9 Å². The third-order valence-electron chi connectivity index (χ3n) is 2.80. The van der Waals surface area contributed by atoms with Crippen LogP contribution in [0.3, 0.4) is 0 Å². The number of anilines is 1. The molecule has 1 aromatic rings. The highest BCUT2D eigenvalue weighted by atomic mass is 127. The van der Waals surface area contributed by atoms with Gasteiger partial charge < -0.3 is 10.2 Å². The number of rotatable bonds is 1. The summed E-state index contributed by atoms with van der Waals surface area (Å²) in [5.41, 5.74) is 1.94. The average Bonchev–Trinajstić information content (AvgIpc) is 2.75. The summed E-state index contributed by atoms with van der Waals surface area (Å²) in [7, 11) is 0. The summed E-state index contributed by atoms with van der Waals surface area (Å²) in [5, 5.41) is 11.7. The van der Waals surface area contributed by atoms with Crippen LogP contribution in [0.5, 0.6) is 0 Å². The molecule has 2 rings (SSSR count). The van der Waals surface area contributed by atoms with Gasteiger partial charge in [0.1, 0.15) is 0 Å². The Hall–Kier alpha value is -0.490. The highest BCUT2D eigenvalue weighted by molar-refractivity contribution is 14.0. The maximum absolute atomic E-state index is 7.93. The molecule has 94 valence electrons. The molecule has 0 atom stereocenters. The van der Waals surface area contributed by atoms with E-state index >= 15 is 0 Å². The second kappa shape index (κ2) is 6.44. The van der Waals surface area contributed by atoms with Crippen LogP contribution in [0.15, 0.2) is 18.2 Å². The van der Waals surface area contributed by atoms with Gasteiger partial charge in [0.15, 0.2) is 5.96 Å². The molecule has 0 spiro atoms. The molecule has 1 aliphatic rings. The molecular formula is C12H17ClIN3. The summed E-state index contributed by atoms with van der Waals surface area (Å²) in [6.45, 7) is 3.94. The van der Waals surface area contributed by atoms with Gasteiger partial charge in [0.05, 0.1) is 10.7 Å². The number of guanidine groups is 1. The molecule has 17 heavy (non-hydrogen) atoms. The number of likely N-dealkylation sites (tertiary alicyclic amines) is 1. The van der Waals surface area contributed by atoms with Crippen molar-refractivity contribution in [1.82, 2.24) is 4.90 Å². The van der Waals surface area contributed by atoms with Crippen molar-refractivity contribution in [3.05, 3.63) is 28.8 Å². The number of nitrogens with one attached hydrogen (secondary N) is 2. The minimum Gasteiger partial charge on any atom is -0.343 e. The summed E-state index contributed by atoms with van der Waals surface area (Å²) < 4.78 is 0. The first-order valence-corrected chi connectivity index (χ1v) is 5.91. The highest BCUT2D eigenvalue weighted by Crippen LogP contribution is 2.23. The quantitative estimate of drug-likeness (QED) is 0.452. The summed E-state index contributed by atoms with van der Waals surface area (Å²) in [6.07, 6.45) is 2.34. The van der Waals surface area contributed by atoms with Gasteiger partial charge in [-0.2, -0.15) is 0 Å². The van der Waals surface area contributed by atoms with Crippen molar-refractivity contribution in [1.29, 1.82) is 5.41 Å². The second-order valence-corrected chi connectivity index (χ2v) is 4.56. The van der Waals surface area contributed by atoms with Crippen LogP contribution in [0.25, 0.3) is 0 Å². The first-order chi connectivity index (χ1) is 7.66. The third kappa shape index (κ3) is 3.74. The van der Waals surface area contributed by atoms with Gasteiger partial charge >= 0.3 is 0 Å². The van der Waals surface area contributed by atoms with Crippen molar-refractivity contribution >= 4 is 47.2 Å². The molecule has 3 nitrogen and oxygen atoms in total. The van der Waals surface area contributed by atoms with E-state index in [0.29, 0.717) is 11.0 Å². The molecule has 1 heterocycles. The zero-order valence-corrected chi connectivity index (χ0v) is 12.9. The minimum absolute atomic E-state index is 0. The Morgan fingerprint density at radius 2 is 2.00 bits per heavy atom. The van der Waals surface area contributed by atoms with Gasteiger partial charge in [0.25, 0.3) is 0 Å². The lowest BCUT2D eigenvalue weighted by Gasteiger charge is -2.20. The van der Waals surface area contributed by atoms with Gasteiger partial charge in [0.2, 0.25) is 0 Å². The zero-order valence-electron chi connectivity index (χ0n) is 9.79. The van der Waals surface area contributed by atoms with E-state index in [-0.39, 0.29) is 24.0 Å². The molecule has 2 N–H and O–H groups in total. The van der Waals surface area contributed by atoms with E-state index in [9.17, 15) is 0 Å².